The van der Waals surface area contributed by atoms with Gasteiger partial charge in [0.25, 0.3) is 12.3 Å². The summed E-state index contributed by atoms with van der Waals surface area (Å²) < 4.78 is 25.1. The van der Waals surface area contributed by atoms with Gasteiger partial charge >= 0.3 is 0 Å². The number of pyridine rings is 1. The number of nitrogens with two attached hydrogens (primary N) is 1. The first kappa shape index (κ1) is 9.57. The molecule has 0 aliphatic carbocycles. The van der Waals surface area contributed by atoms with E-state index >= 15 is 0 Å². The maximum absolute atomic E-state index is 12.6. The van der Waals surface area contributed by atoms with Gasteiger partial charge in [-0.3, -0.25) is 15.1 Å². The summed E-state index contributed by atoms with van der Waals surface area (Å²) in [6.07, 6.45) is -0.356. The number of allylic oxidation sites excluding steroid dienone is 1. The number of hydrogen-bond donors (Lipinski definition) is 1. The molecule has 0 aromatic carbocycles. The van der Waals surface area contributed by atoms with Crippen molar-refractivity contribution in [2.45, 2.75) is 6.43 Å². The van der Waals surface area contributed by atoms with Gasteiger partial charge in [-0.25, -0.2) is 8.78 Å². The Morgan fingerprint density at radius 1 is 1.47 bits per heavy atom. The van der Waals surface area contributed by atoms with Gasteiger partial charge in [0.05, 0.1) is 5.69 Å². The van der Waals surface area contributed by atoms with Crippen molar-refractivity contribution in [2.75, 3.05) is 0 Å². The summed E-state index contributed by atoms with van der Waals surface area (Å²) in [6, 6.07) is 1.45. The van der Waals surface area contributed by atoms with Crippen molar-refractivity contribution in [3.05, 3.63) is 29.7 Å². The van der Waals surface area contributed by atoms with E-state index in [1.165, 1.54) is 12.3 Å². The fraction of sp³-hybridized carbons (Fsp3) is 0.111. The van der Waals surface area contributed by atoms with Crippen molar-refractivity contribution in [3.63, 3.8) is 0 Å². The summed E-state index contributed by atoms with van der Waals surface area (Å²) in [5.74, 6) is -0.838. The monoisotopic (exact) mass is 210 g/mol. The van der Waals surface area contributed by atoms with Crippen molar-refractivity contribution in [1.82, 2.24) is 10.3 Å². The van der Waals surface area contributed by atoms with Crippen LogP contribution in [0.25, 0.3) is 5.57 Å². The van der Waals surface area contributed by atoms with Crippen LogP contribution >= 0.6 is 0 Å². The minimum atomic E-state index is -2.70. The van der Waals surface area contributed by atoms with Crippen molar-refractivity contribution in [3.8, 4) is 0 Å². The molecule has 2 rings (SSSR count). The maximum atomic E-state index is 12.6. The first-order valence-electron chi connectivity index (χ1n) is 4.09. The molecule has 1 amide bonds. The highest BCUT2D eigenvalue weighted by Crippen LogP contribution is 2.35. The number of aromatic nitrogens is 1. The molecule has 0 saturated heterocycles. The van der Waals surface area contributed by atoms with Crippen LogP contribution in [-0.4, -0.2) is 17.3 Å². The first-order chi connectivity index (χ1) is 7.11. The van der Waals surface area contributed by atoms with Crippen LogP contribution < -0.4 is 11.1 Å². The molecule has 0 fully saturated rings. The third-order valence-corrected chi connectivity index (χ3v) is 2.03. The van der Waals surface area contributed by atoms with Crippen LogP contribution in [0, 0.1) is 0 Å². The fourth-order valence-electron chi connectivity index (χ4n) is 1.40. The van der Waals surface area contributed by atoms with E-state index in [4.69, 9.17) is 5.73 Å². The van der Waals surface area contributed by atoms with Gasteiger partial charge in [0.15, 0.2) is 0 Å². The van der Waals surface area contributed by atoms with E-state index in [0.29, 0.717) is 5.69 Å². The molecule has 1 radical (unpaired) electrons. The molecule has 2 heterocycles. The van der Waals surface area contributed by atoms with Crippen LogP contribution in [0.1, 0.15) is 16.1 Å². The van der Waals surface area contributed by atoms with Crippen LogP contribution in [0.15, 0.2) is 18.5 Å². The molecule has 15 heavy (non-hydrogen) atoms. The molecular formula is C9H6F2N3O. The normalized spacial score (nSPS) is 13.4. The highest BCUT2D eigenvalue weighted by Gasteiger charge is 2.28. The zero-order valence-corrected chi connectivity index (χ0v) is 7.45. The summed E-state index contributed by atoms with van der Waals surface area (Å²) in [4.78, 5) is 14.6. The Morgan fingerprint density at radius 2 is 2.20 bits per heavy atom. The Bertz CT molecular complexity index is 457. The minimum absolute atomic E-state index is 0.0417. The molecule has 1 aliphatic rings. The lowest BCUT2D eigenvalue weighted by atomic mass is 10.1. The number of halogens is 2. The Hall–Kier alpha value is -1.98. The lowest BCUT2D eigenvalue weighted by Crippen LogP contribution is -2.16. The lowest BCUT2D eigenvalue weighted by molar-refractivity contribution is 0.0995. The second-order valence-corrected chi connectivity index (χ2v) is 2.93. The van der Waals surface area contributed by atoms with Gasteiger partial charge in [-0.1, -0.05) is 0 Å². The Kier molecular flexibility index (Phi) is 2.11. The molecular weight excluding hydrogens is 204 g/mol. The summed E-state index contributed by atoms with van der Waals surface area (Å²) in [5, 5.41) is 3.76. The molecule has 6 heteroatoms. The number of carbonyl (C=O) groups is 1. The van der Waals surface area contributed by atoms with Crippen molar-refractivity contribution in [2.24, 2.45) is 5.73 Å². The molecule has 4 nitrogen and oxygen atoms in total. The van der Waals surface area contributed by atoms with Crippen LogP contribution in [0.3, 0.4) is 0 Å². The molecule has 0 saturated carbocycles. The summed E-state index contributed by atoms with van der Waals surface area (Å²) in [5.41, 5.74) is 4.90. The standard InChI is InChI=1S/C9H6F2N3O/c10-8(11)4-3-14-5-1-2-13-7(6(4)5)9(12)15/h1-3,8H,(H2,12,15). The number of amides is 1. The number of primary amides is 1. The Morgan fingerprint density at radius 3 is 2.80 bits per heavy atom. The maximum Gasteiger partial charge on any atom is 0.268 e. The summed E-state index contributed by atoms with van der Waals surface area (Å²) in [6.45, 7) is 0. The number of fused-ring (bicyclic) bond motifs is 1. The van der Waals surface area contributed by atoms with E-state index in [9.17, 15) is 13.6 Å². The van der Waals surface area contributed by atoms with E-state index < -0.39 is 12.3 Å². The molecule has 77 valence electrons. The van der Waals surface area contributed by atoms with E-state index in [-0.39, 0.29) is 16.8 Å². The molecule has 0 bridgehead atoms. The van der Waals surface area contributed by atoms with Crippen molar-refractivity contribution >= 4 is 17.2 Å². The molecule has 0 spiro atoms. The van der Waals surface area contributed by atoms with Crippen molar-refractivity contribution in [1.29, 1.82) is 0 Å². The number of carbonyl (C=O) groups excluding carboxylic acids is 1. The van der Waals surface area contributed by atoms with E-state index in [2.05, 4.69) is 10.3 Å². The predicted octanol–water partition coefficient (Wildman–Crippen LogP) is 1.04. The zero-order valence-electron chi connectivity index (χ0n) is 7.45. The second kappa shape index (κ2) is 3.30. The van der Waals surface area contributed by atoms with Gasteiger partial charge in [-0.15, -0.1) is 0 Å². The Labute approximate surface area is 83.8 Å². The molecule has 1 aliphatic heterocycles. The number of alkyl halides is 2. The van der Waals surface area contributed by atoms with E-state index in [0.717, 1.165) is 6.20 Å². The second-order valence-electron chi connectivity index (χ2n) is 2.93. The third-order valence-electron chi connectivity index (χ3n) is 2.03. The molecule has 1 aromatic heterocycles. The first-order valence-corrected chi connectivity index (χ1v) is 4.09. The van der Waals surface area contributed by atoms with Crippen LogP contribution in [-0.2, 0) is 0 Å². The van der Waals surface area contributed by atoms with Gasteiger partial charge < -0.3 is 5.73 Å². The van der Waals surface area contributed by atoms with Gasteiger partial charge in [-0.05, 0) is 6.07 Å². The highest BCUT2D eigenvalue weighted by atomic mass is 19.3. The summed E-state index contributed by atoms with van der Waals surface area (Å²) in [7, 11) is 0. The van der Waals surface area contributed by atoms with E-state index in [1.807, 2.05) is 0 Å². The van der Waals surface area contributed by atoms with Gasteiger partial charge in [0.1, 0.15) is 5.69 Å². The predicted molar refractivity (Wildman–Crippen MR) is 48.5 cm³/mol. The lowest BCUT2D eigenvalue weighted by Gasteiger charge is -2.06. The number of hydrogen-bond acceptors (Lipinski definition) is 2. The zero-order chi connectivity index (χ0) is 11.0. The van der Waals surface area contributed by atoms with Gasteiger partial charge in [0.2, 0.25) is 0 Å². The third kappa shape index (κ3) is 1.43. The van der Waals surface area contributed by atoms with Crippen LogP contribution in [0.4, 0.5) is 14.5 Å². The van der Waals surface area contributed by atoms with Gasteiger partial charge in [-0.2, -0.15) is 0 Å². The van der Waals surface area contributed by atoms with Crippen LogP contribution in [0.2, 0.25) is 0 Å². The van der Waals surface area contributed by atoms with E-state index in [1.54, 1.807) is 0 Å². The minimum Gasteiger partial charge on any atom is -0.364 e. The smallest absolute Gasteiger partial charge is 0.268 e. The quantitative estimate of drug-likeness (QED) is 0.792. The molecule has 1 aromatic rings. The Balaban J connectivity index is 2.60. The molecule has 2 N–H and O–H groups in total. The fourth-order valence-corrected chi connectivity index (χ4v) is 1.40. The largest absolute Gasteiger partial charge is 0.364 e. The average Bonchev–Trinajstić information content (AvgIpc) is 2.60. The number of nitrogens with zero attached hydrogens (tertiary/aromatic N) is 2. The number of rotatable bonds is 2. The topological polar surface area (TPSA) is 70.1 Å². The van der Waals surface area contributed by atoms with Crippen LogP contribution in [0.5, 0.6) is 0 Å². The van der Waals surface area contributed by atoms with Gasteiger partial charge in [0, 0.05) is 23.5 Å². The summed E-state index contributed by atoms with van der Waals surface area (Å²) >= 11 is 0. The molecule has 0 atom stereocenters. The average molecular weight is 210 g/mol. The highest BCUT2D eigenvalue weighted by molar-refractivity contribution is 6.00. The molecule has 0 unspecified atom stereocenters. The SMILES string of the molecule is NC(=O)c1nccc2c1C(C(F)F)=C[N]2. The van der Waals surface area contributed by atoms with Crippen molar-refractivity contribution < 1.29 is 13.6 Å².